The van der Waals surface area contributed by atoms with Crippen LogP contribution in [0.1, 0.15) is 5.56 Å². The van der Waals surface area contributed by atoms with Crippen molar-refractivity contribution in [2.45, 2.75) is 0 Å². The predicted molar refractivity (Wildman–Crippen MR) is 122 cm³/mol. The van der Waals surface area contributed by atoms with E-state index in [9.17, 15) is 19.2 Å². The van der Waals surface area contributed by atoms with Gasteiger partial charge < -0.3 is 25.3 Å². The molecule has 3 rings (SSSR count). The Hall–Kier alpha value is -3.99. The van der Waals surface area contributed by atoms with Crippen LogP contribution in [0.25, 0.3) is 6.08 Å². The van der Waals surface area contributed by atoms with E-state index in [2.05, 4.69) is 5.32 Å². The van der Waals surface area contributed by atoms with Gasteiger partial charge in [0.15, 0.2) is 18.1 Å². The molecule has 0 bridgehead atoms. The maximum atomic E-state index is 12.3. The van der Waals surface area contributed by atoms with Crippen LogP contribution in [0.5, 0.6) is 17.2 Å². The molecule has 1 fully saturated rings. The first-order chi connectivity index (χ1) is 15.8. The summed E-state index contributed by atoms with van der Waals surface area (Å²) >= 11 is 0.710. The molecule has 172 valence electrons. The third kappa shape index (κ3) is 5.83. The number of methoxy groups -OCH3 is 2. The largest absolute Gasteiger partial charge is 0.495 e. The Balaban J connectivity index is 1.68. The molecule has 0 unspecified atom stereocenters. The number of anilines is 1. The number of hydrogen-bond acceptors (Lipinski definition) is 8. The first-order valence-electron chi connectivity index (χ1n) is 9.59. The lowest BCUT2D eigenvalue weighted by atomic mass is 10.2. The average molecular weight is 471 g/mol. The zero-order valence-corrected chi connectivity index (χ0v) is 18.6. The summed E-state index contributed by atoms with van der Waals surface area (Å²) in [7, 11) is 2.94. The molecular weight excluding hydrogens is 450 g/mol. The quantitative estimate of drug-likeness (QED) is 0.531. The summed E-state index contributed by atoms with van der Waals surface area (Å²) in [6, 6.07) is 11.8. The van der Waals surface area contributed by atoms with Crippen molar-refractivity contribution in [3.8, 4) is 17.2 Å². The van der Waals surface area contributed by atoms with Gasteiger partial charge in [0.05, 0.1) is 24.8 Å². The standard InChI is InChI=1S/C22H21N3O7S/c1-30-15-6-4-3-5-14(15)24-20(27)12-32-16-8-7-13(9-17(16)31-2)10-18-21(28)25(11-19(23)26)22(29)33-18/h3-10H,11-12H2,1-2H3,(H2,23,26)(H,24,27)/b18-10-. The van der Waals surface area contributed by atoms with Crippen molar-refractivity contribution in [2.75, 3.05) is 32.7 Å². The number of amides is 4. The summed E-state index contributed by atoms with van der Waals surface area (Å²) in [5.41, 5.74) is 6.15. The number of hydrogen-bond donors (Lipinski definition) is 2. The van der Waals surface area contributed by atoms with Gasteiger partial charge in [-0.3, -0.25) is 24.1 Å². The highest BCUT2D eigenvalue weighted by molar-refractivity contribution is 8.18. The third-order valence-electron chi connectivity index (χ3n) is 4.41. The lowest BCUT2D eigenvalue weighted by molar-refractivity contribution is -0.127. The number of imide groups is 1. The molecule has 1 saturated heterocycles. The number of nitrogens with one attached hydrogen (secondary N) is 1. The summed E-state index contributed by atoms with van der Waals surface area (Å²) < 4.78 is 16.1. The molecule has 10 nitrogen and oxygen atoms in total. The van der Waals surface area contributed by atoms with Gasteiger partial charge in [0.25, 0.3) is 17.1 Å². The summed E-state index contributed by atoms with van der Waals surface area (Å²) in [6.45, 7) is -0.755. The van der Waals surface area contributed by atoms with Crippen LogP contribution in [0.2, 0.25) is 0 Å². The van der Waals surface area contributed by atoms with Gasteiger partial charge in [-0.25, -0.2) is 0 Å². The van der Waals surface area contributed by atoms with Crippen LogP contribution in [-0.4, -0.2) is 55.2 Å². The second kappa shape index (κ2) is 10.6. The number of ether oxygens (including phenoxy) is 3. The molecule has 4 amide bonds. The van der Waals surface area contributed by atoms with E-state index in [-0.39, 0.29) is 11.5 Å². The zero-order chi connectivity index (χ0) is 24.0. The molecule has 0 aliphatic carbocycles. The highest BCUT2D eigenvalue weighted by Crippen LogP contribution is 2.34. The van der Waals surface area contributed by atoms with Crippen molar-refractivity contribution >= 4 is 46.5 Å². The number of benzene rings is 2. The van der Waals surface area contributed by atoms with E-state index in [0.29, 0.717) is 40.3 Å². The van der Waals surface area contributed by atoms with Crippen molar-refractivity contribution in [1.82, 2.24) is 4.90 Å². The number of nitrogens with zero attached hydrogens (tertiary/aromatic N) is 1. The third-order valence-corrected chi connectivity index (χ3v) is 5.32. The van der Waals surface area contributed by atoms with E-state index in [1.807, 2.05) is 0 Å². The fourth-order valence-electron chi connectivity index (χ4n) is 2.91. The van der Waals surface area contributed by atoms with E-state index in [1.165, 1.54) is 20.3 Å². The van der Waals surface area contributed by atoms with Crippen molar-refractivity contribution in [3.63, 3.8) is 0 Å². The van der Waals surface area contributed by atoms with Crippen LogP contribution in [0.15, 0.2) is 47.4 Å². The van der Waals surface area contributed by atoms with E-state index in [4.69, 9.17) is 19.9 Å². The van der Waals surface area contributed by atoms with Crippen molar-refractivity contribution in [2.24, 2.45) is 5.73 Å². The van der Waals surface area contributed by atoms with Crippen LogP contribution in [0, 0.1) is 0 Å². The molecule has 33 heavy (non-hydrogen) atoms. The number of primary amides is 1. The first-order valence-corrected chi connectivity index (χ1v) is 10.4. The van der Waals surface area contributed by atoms with E-state index in [0.717, 1.165) is 4.90 Å². The molecule has 1 heterocycles. The Morgan fingerprint density at radius 2 is 1.79 bits per heavy atom. The minimum Gasteiger partial charge on any atom is -0.495 e. The molecule has 0 saturated carbocycles. The summed E-state index contributed by atoms with van der Waals surface area (Å²) in [5.74, 6) is -0.619. The minimum absolute atomic E-state index is 0.146. The van der Waals surface area contributed by atoms with Crippen molar-refractivity contribution in [3.05, 3.63) is 52.9 Å². The molecule has 1 aliphatic rings. The lowest BCUT2D eigenvalue weighted by Gasteiger charge is -2.13. The maximum Gasteiger partial charge on any atom is 0.294 e. The SMILES string of the molecule is COc1ccccc1NC(=O)COc1ccc(/C=C2\SC(=O)N(CC(N)=O)C2=O)cc1OC. The number of carbonyl (C=O) groups is 4. The summed E-state index contributed by atoms with van der Waals surface area (Å²) in [6.07, 6.45) is 1.49. The second-order valence-electron chi connectivity index (χ2n) is 6.68. The number of rotatable bonds is 9. The molecule has 2 aromatic rings. The molecule has 0 spiro atoms. The Bertz CT molecular complexity index is 1130. The van der Waals surface area contributed by atoms with Crippen LogP contribution >= 0.6 is 11.8 Å². The van der Waals surface area contributed by atoms with Gasteiger partial charge in [0.1, 0.15) is 12.3 Å². The van der Waals surface area contributed by atoms with Gasteiger partial charge >= 0.3 is 0 Å². The maximum absolute atomic E-state index is 12.3. The number of para-hydroxylation sites is 2. The van der Waals surface area contributed by atoms with E-state index in [1.54, 1.807) is 42.5 Å². The molecule has 0 atom stereocenters. The zero-order valence-electron chi connectivity index (χ0n) is 17.8. The Morgan fingerprint density at radius 3 is 2.48 bits per heavy atom. The smallest absolute Gasteiger partial charge is 0.294 e. The minimum atomic E-state index is -0.781. The van der Waals surface area contributed by atoms with Gasteiger partial charge in [0, 0.05) is 0 Å². The number of carbonyl (C=O) groups excluding carboxylic acids is 4. The van der Waals surface area contributed by atoms with Gasteiger partial charge in [-0.1, -0.05) is 18.2 Å². The van der Waals surface area contributed by atoms with Gasteiger partial charge in [0.2, 0.25) is 5.91 Å². The Morgan fingerprint density at radius 1 is 1.06 bits per heavy atom. The van der Waals surface area contributed by atoms with Crippen LogP contribution in [-0.2, 0) is 14.4 Å². The van der Waals surface area contributed by atoms with Crippen LogP contribution in [0.3, 0.4) is 0 Å². The molecule has 0 radical (unpaired) electrons. The summed E-state index contributed by atoms with van der Waals surface area (Å²) in [4.78, 5) is 48.6. The normalized spacial score (nSPS) is 14.4. The van der Waals surface area contributed by atoms with Gasteiger partial charge in [-0.2, -0.15) is 0 Å². The molecule has 0 aromatic heterocycles. The molecule has 2 aromatic carbocycles. The van der Waals surface area contributed by atoms with Crippen LogP contribution in [0.4, 0.5) is 10.5 Å². The highest BCUT2D eigenvalue weighted by atomic mass is 32.2. The fourth-order valence-corrected chi connectivity index (χ4v) is 3.75. The second-order valence-corrected chi connectivity index (χ2v) is 7.67. The molecule has 3 N–H and O–H groups in total. The molecule has 11 heteroatoms. The van der Waals surface area contributed by atoms with Crippen molar-refractivity contribution < 1.29 is 33.4 Å². The predicted octanol–water partition coefficient (Wildman–Crippen LogP) is 2.24. The van der Waals surface area contributed by atoms with Crippen molar-refractivity contribution in [1.29, 1.82) is 0 Å². The van der Waals surface area contributed by atoms with Gasteiger partial charge in [-0.05, 0) is 47.7 Å². The fraction of sp³-hybridized carbons (Fsp3) is 0.182. The molecular formula is C22H21N3O7S. The number of thioether (sulfide) groups is 1. The van der Waals surface area contributed by atoms with Crippen LogP contribution < -0.4 is 25.3 Å². The van der Waals surface area contributed by atoms with Gasteiger partial charge in [-0.15, -0.1) is 0 Å². The Kier molecular flexibility index (Phi) is 7.57. The number of nitrogens with two attached hydrogens (primary N) is 1. The summed E-state index contributed by atoms with van der Waals surface area (Å²) in [5, 5.41) is 2.14. The Labute approximate surface area is 193 Å². The topological polar surface area (TPSA) is 137 Å². The van der Waals surface area contributed by atoms with E-state index < -0.39 is 29.5 Å². The first kappa shape index (κ1) is 23.7. The highest BCUT2D eigenvalue weighted by Gasteiger charge is 2.35. The lowest BCUT2D eigenvalue weighted by Crippen LogP contribution is -2.36. The van der Waals surface area contributed by atoms with E-state index >= 15 is 0 Å². The average Bonchev–Trinajstić information content (AvgIpc) is 3.05. The monoisotopic (exact) mass is 471 g/mol. The molecule has 1 aliphatic heterocycles.